The highest BCUT2D eigenvalue weighted by molar-refractivity contribution is 5.82. The van der Waals surface area contributed by atoms with Gasteiger partial charge in [-0.2, -0.15) is 0 Å². The van der Waals surface area contributed by atoms with Crippen LogP contribution in [0.15, 0.2) is 51.7 Å². The molecule has 4 rings (SSSR count). The summed E-state index contributed by atoms with van der Waals surface area (Å²) in [6, 6.07) is 13.0. The summed E-state index contributed by atoms with van der Waals surface area (Å²) in [6.45, 7) is 7.63. The zero-order valence-corrected chi connectivity index (χ0v) is 16.8. The number of nitrogens with zero attached hydrogens (tertiary/aromatic N) is 1. The molecule has 0 atom stereocenters. The van der Waals surface area contributed by atoms with Gasteiger partial charge in [-0.1, -0.05) is 12.1 Å². The van der Waals surface area contributed by atoms with E-state index in [-0.39, 0.29) is 5.43 Å². The lowest BCUT2D eigenvalue weighted by Crippen LogP contribution is -2.36. The molecular formula is C23H25NO5. The molecule has 0 unspecified atom stereocenters. The highest BCUT2D eigenvalue weighted by atomic mass is 16.5. The van der Waals surface area contributed by atoms with Gasteiger partial charge in [-0.15, -0.1) is 0 Å². The third-order valence-corrected chi connectivity index (χ3v) is 5.03. The molecule has 152 valence electrons. The van der Waals surface area contributed by atoms with Gasteiger partial charge in [0.15, 0.2) is 11.3 Å². The van der Waals surface area contributed by atoms with Crippen LogP contribution in [0.2, 0.25) is 0 Å². The summed E-state index contributed by atoms with van der Waals surface area (Å²) in [5.41, 5.74) is 2.38. The van der Waals surface area contributed by atoms with Crippen molar-refractivity contribution in [1.82, 2.24) is 0 Å². The van der Waals surface area contributed by atoms with Gasteiger partial charge in [0.2, 0.25) is 0 Å². The lowest BCUT2D eigenvalue weighted by Gasteiger charge is -2.27. The number of benzene rings is 2. The van der Waals surface area contributed by atoms with Gasteiger partial charge in [0.05, 0.1) is 25.2 Å². The van der Waals surface area contributed by atoms with E-state index in [9.17, 15) is 4.79 Å². The van der Waals surface area contributed by atoms with Crippen LogP contribution in [0.5, 0.6) is 11.5 Å². The van der Waals surface area contributed by atoms with E-state index < -0.39 is 0 Å². The molecule has 0 amide bonds. The van der Waals surface area contributed by atoms with Crippen molar-refractivity contribution < 1.29 is 18.6 Å². The van der Waals surface area contributed by atoms with Gasteiger partial charge < -0.3 is 23.5 Å². The Kier molecular flexibility index (Phi) is 5.71. The minimum Gasteiger partial charge on any atom is -0.494 e. The Morgan fingerprint density at radius 3 is 2.52 bits per heavy atom. The molecule has 6 heteroatoms. The van der Waals surface area contributed by atoms with Crippen LogP contribution in [0.3, 0.4) is 0 Å². The molecule has 2 heterocycles. The summed E-state index contributed by atoms with van der Waals surface area (Å²) < 4.78 is 23.0. The molecule has 0 saturated carbocycles. The van der Waals surface area contributed by atoms with E-state index in [4.69, 9.17) is 18.6 Å². The smallest absolute Gasteiger partial charge is 0.200 e. The summed E-state index contributed by atoms with van der Waals surface area (Å²) in [6.07, 6.45) is 0. The molecule has 2 aromatic carbocycles. The van der Waals surface area contributed by atoms with Crippen molar-refractivity contribution in [2.24, 2.45) is 0 Å². The molecule has 1 aliphatic rings. The molecule has 3 aromatic rings. The maximum Gasteiger partial charge on any atom is 0.200 e. The van der Waals surface area contributed by atoms with Crippen molar-refractivity contribution in [2.75, 3.05) is 37.8 Å². The van der Waals surface area contributed by atoms with E-state index in [2.05, 4.69) is 0 Å². The van der Waals surface area contributed by atoms with Gasteiger partial charge in [0.1, 0.15) is 23.7 Å². The number of fused-ring (bicyclic) bond motifs is 1. The van der Waals surface area contributed by atoms with Gasteiger partial charge in [-0.25, -0.2) is 0 Å². The number of hydrogen-bond donors (Lipinski definition) is 0. The minimum atomic E-state index is -0.0473. The molecule has 1 fully saturated rings. The Morgan fingerprint density at radius 1 is 1.03 bits per heavy atom. The quantitative estimate of drug-likeness (QED) is 0.631. The van der Waals surface area contributed by atoms with Crippen LogP contribution in [0, 0.1) is 6.92 Å². The number of ether oxygens (including phenoxy) is 3. The standard InChI is InChI=1S/C23H25NO5/c1-3-27-18-6-4-17(5-7-18)15-28-21-9-8-19-20(25)14-22(29-23(19)16(21)2)24-10-12-26-13-11-24/h4-9,14H,3,10-13,15H2,1-2H3. The molecule has 0 N–H and O–H groups in total. The monoisotopic (exact) mass is 395 g/mol. The van der Waals surface area contributed by atoms with E-state index in [0.29, 0.717) is 62.1 Å². The van der Waals surface area contributed by atoms with Crippen molar-refractivity contribution in [1.29, 1.82) is 0 Å². The lowest BCUT2D eigenvalue weighted by atomic mass is 10.1. The molecule has 0 aliphatic carbocycles. The summed E-state index contributed by atoms with van der Waals surface area (Å²) in [4.78, 5) is 14.6. The van der Waals surface area contributed by atoms with Crippen LogP contribution in [-0.2, 0) is 11.3 Å². The van der Waals surface area contributed by atoms with E-state index in [0.717, 1.165) is 16.9 Å². The third-order valence-electron chi connectivity index (χ3n) is 5.03. The Labute approximate surface area is 169 Å². The minimum absolute atomic E-state index is 0.0473. The second-order valence-electron chi connectivity index (χ2n) is 6.98. The van der Waals surface area contributed by atoms with E-state index in [1.165, 1.54) is 0 Å². The fourth-order valence-corrected chi connectivity index (χ4v) is 3.43. The first-order chi connectivity index (χ1) is 14.2. The van der Waals surface area contributed by atoms with Crippen molar-refractivity contribution in [2.45, 2.75) is 20.5 Å². The number of morpholine rings is 1. The van der Waals surface area contributed by atoms with Crippen molar-refractivity contribution in [3.63, 3.8) is 0 Å². The van der Waals surface area contributed by atoms with Crippen LogP contribution in [0.1, 0.15) is 18.1 Å². The molecule has 0 radical (unpaired) electrons. The molecule has 29 heavy (non-hydrogen) atoms. The van der Waals surface area contributed by atoms with E-state index in [1.54, 1.807) is 12.1 Å². The average Bonchev–Trinajstić information content (AvgIpc) is 2.75. The van der Waals surface area contributed by atoms with Gasteiger partial charge >= 0.3 is 0 Å². The normalized spacial score (nSPS) is 14.2. The molecule has 1 aliphatic heterocycles. The van der Waals surface area contributed by atoms with Gasteiger partial charge in [0.25, 0.3) is 0 Å². The van der Waals surface area contributed by atoms with Gasteiger partial charge in [-0.05, 0) is 43.7 Å². The summed E-state index contributed by atoms with van der Waals surface area (Å²) >= 11 is 0. The third kappa shape index (κ3) is 4.22. The molecular weight excluding hydrogens is 370 g/mol. The van der Waals surface area contributed by atoms with Gasteiger partial charge in [-0.3, -0.25) is 4.79 Å². The Morgan fingerprint density at radius 2 is 1.79 bits per heavy atom. The first-order valence-electron chi connectivity index (χ1n) is 9.90. The molecule has 6 nitrogen and oxygen atoms in total. The van der Waals surface area contributed by atoms with Crippen LogP contribution < -0.4 is 19.8 Å². The zero-order chi connectivity index (χ0) is 20.2. The fraction of sp³-hybridized carbons (Fsp3) is 0.348. The predicted octanol–water partition coefficient (Wildman–Crippen LogP) is 3.92. The molecule has 0 bridgehead atoms. The Bertz CT molecular complexity index is 1040. The number of rotatable bonds is 6. The molecule has 1 saturated heterocycles. The average molecular weight is 395 g/mol. The summed E-state index contributed by atoms with van der Waals surface area (Å²) in [7, 11) is 0. The second-order valence-corrected chi connectivity index (χ2v) is 6.98. The molecule has 0 spiro atoms. The van der Waals surface area contributed by atoms with Gasteiger partial charge in [0, 0.05) is 24.7 Å². The first kappa shape index (κ1) is 19.3. The van der Waals surface area contributed by atoms with E-state index in [1.807, 2.05) is 49.1 Å². The zero-order valence-electron chi connectivity index (χ0n) is 16.8. The second kappa shape index (κ2) is 8.57. The van der Waals surface area contributed by atoms with Crippen LogP contribution >= 0.6 is 0 Å². The number of aryl methyl sites for hydroxylation is 1. The first-order valence-corrected chi connectivity index (χ1v) is 9.90. The maximum atomic E-state index is 12.6. The van der Waals surface area contributed by atoms with Crippen LogP contribution in [0.4, 0.5) is 5.88 Å². The number of anilines is 1. The lowest BCUT2D eigenvalue weighted by molar-refractivity contribution is 0.121. The largest absolute Gasteiger partial charge is 0.494 e. The highest BCUT2D eigenvalue weighted by Gasteiger charge is 2.17. The number of hydrogen-bond acceptors (Lipinski definition) is 6. The van der Waals surface area contributed by atoms with E-state index >= 15 is 0 Å². The van der Waals surface area contributed by atoms with Crippen molar-refractivity contribution in [3.8, 4) is 11.5 Å². The maximum absolute atomic E-state index is 12.6. The van der Waals surface area contributed by atoms with Crippen LogP contribution in [-0.4, -0.2) is 32.9 Å². The van der Waals surface area contributed by atoms with Crippen molar-refractivity contribution in [3.05, 3.63) is 63.8 Å². The molecule has 1 aromatic heterocycles. The fourth-order valence-electron chi connectivity index (χ4n) is 3.43. The van der Waals surface area contributed by atoms with Crippen molar-refractivity contribution >= 4 is 16.9 Å². The predicted molar refractivity (Wildman–Crippen MR) is 112 cm³/mol. The Hall–Kier alpha value is -2.99. The topological polar surface area (TPSA) is 61.1 Å². The summed E-state index contributed by atoms with van der Waals surface area (Å²) in [5.74, 6) is 2.13. The van der Waals surface area contributed by atoms with Crippen LogP contribution in [0.25, 0.3) is 11.0 Å². The highest BCUT2D eigenvalue weighted by Crippen LogP contribution is 2.29. The SMILES string of the molecule is CCOc1ccc(COc2ccc3c(=O)cc(N4CCOCC4)oc3c2C)cc1. The Balaban J connectivity index is 1.58. The summed E-state index contributed by atoms with van der Waals surface area (Å²) in [5, 5.41) is 0.563.